The van der Waals surface area contributed by atoms with E-state index >= 15 is 0 Å². The number of nitrogens with two attached hydrogens (primary N) is 4. The number of carboxylic acids is 1. The van der Waals surface area contributed by atoms with Crippen LogP contribution in [0.25, 0.3) is 0 Å². The number of aliphatic imine (C=N–C) groups is 2. The Bertz CT molecular complexity index is 1160. The molecule has 0 aliphatic heterocycles. The van der Waals surface area contributed by atoms with Crippen LogP contribution in [0.4, 0.5) is 0 Å². The topological polar surface area (TPSA) is 283 Å². The number of carboxylic acid groups (broad SMARTS) is 1. The minimum atomic E-state index is -1.54. The molecule has 0 radical (unpaired) electrons. The van der Waals surface area contributed by atoms with Crippen molar-refractivity contribution in [1.29, 1.82) is 0 Å². The highest BCUT2D eigenvalue weighted by Gasteiger charge is 2.35. The van der Waals surface area contributed by atoms with Gasteiger partial charge >= 0.3 is 5.97 Å². The van der Waals surface area contributed by atoms with Crippen LogP contribution in [-0.2, 0) is 30.4 Å². The number of amides is 4. The molecule has 13 N–H and O–H groups in total. The van der Waals surface area contributed by atoms with Gasteiger partial charge < -0.3 is 49.3 Å². The monoisotopic (exact) mass is 604 g/mol. The molecule has 0 saturated heterocycles. The second-order valence-corrected chi connectivity index (χ2v) is 10.4. The number of nitrogens with zero attached hydrogens (tertiary/aromatic N) is 2. The molecule has 1 aromatic carbocycles. The van der Waals surface area contributed by atoms with E-state index in [-0.39, 0.29) is 50.7 Å². The van der Waals surface area contributed by atoms with Crippen LogP contribution in [0.2, 0.25) is 0 Å². The van der Waals surface area contributed by atoms with Gasteiger partial charge in [0, 0.05) is 26.4 Å². The third-order valence-electron chi connectivity index (χ3n) is 6.11. The number of nitrogens with one attached hydrogen (secondary N) is 4. The summed E-state index contributed by atoms with van der Waals surface area (Å²) in [5.74, 6) is -4.05. The summed E-state index contributed by atoms with van der Waals surface area (Å²) in [5, 5.41) is 19.9. The zero-order valence-corrected chi connectivity index (χ0v) is 24.8. The van der Waals surface area contributed by atoms with Crippen molar-refractivity contribution >= 4 is 41.5 Å². The Labute approximate surface area is 250 Å². The second kappa shape index (κ2) is 17.8. The molecule has 0 unspecified atom stereocenters. The van der Waals surface area contributed by atoms with E-state index in [1.165, 1.54) is 20.8 Å². The number of hydrogen-bond donors (Lipinski definition) is 9. The molecule has 238 valence electrons. The van der Waals surface area contributed by atoms with E-state index in [0.29, 0.717) is 12.0 Å². The molecule has 0 aliphatic rings. The van der Waals surface area contributed by atoms with Gasteiger partial charge in [-0.1, -0.05) is 30.3 Å². The highest BCUT2D eigenvalue weighted by Crippen LogP contribution is 2.10. The largest absolute Gasteiger partial charge is 0.480 e. The fraction of sp³-hybridized carbons (Fsp3) is 0.519. The van der Waals surface area contributed by atoms with Gasteiger partial charge in [0.15, 0.2) is 11.9 Å². The van der Waals surface area contributed by atoms with Crippen molar-refractivity contribution in [3.05, 3.63) is 35.9 Å². The van der Waals surface area contributed by atoms with E-state index in [2.05, 4.69) is 31.3 Å². The summed E-state index contributed by atoms with van der Waals surface area (Å²) in [6.45, 7) is 4.49. The van der Waals surface area contributed by atoms with E-state index in [0.717, 1.165) is 0 Å². The molecule has 43 heavy (non-hydrogen) atoms. The molecule has 0 bridgehead atoms. The van der Waals surface area contributed by atoms with Crippen LogP contribution in [0, 0.1) is 0 Å². The number of aliphatic carboxylic acids is 1. The molecule has 0 aliphatic carbocycles. The molecular formula is C27H44N10O6. The molecule has 16 nitrogen and oxygen atoms in total. The fourth-order valence-corrected chi connectivity index (χ4v) is 3.90. The van der Waals surface area contributed by atoms with E-state index in [1.807, 2.05) is 0 Å². The highest BCUT2D eigenvalue weighted by atomic mass is 16.4. The van der Waals surface area contributed by atoms with Gasteiger partial charge in [-0.15, -0.1) is 0 Å². The number of benzene rings is 1. The molecular weight excluding hydrogens is 560 g/mol. The van der Waals surface area contributed by atoms with Gasteiger partial charge in [0.2, 0.25) is 23.6 Å². The number of carbonyl (C=O) groups excluding carboxylic acids is 4. The molecule has 3 atom stereocenters. The molecule has 0 heterocycles. The van der Waals surface area contributed by atoms with Gasteiger partial charge in [-0.2, -0.15) is 0 Å². The summed E-state index contributed by atoms with van der Waals surface area (Å²) in [7, 11) is 0. The average molecular weight is 605 g/mol. The van der Waals surface area contributed by atoms with Crippen molar-refractivity contribution in [3.63, 3.8) is 0 Å². The third-order valence-corrected chi connectivity index (χ3v) is 6.11. The summed E-state index contributed by atoms with van der Waals surface area (Å²) in [4.78, 5) is 70.9. The third kappa shape index (κ3) is 14.5. The molecule has 1 aromatic rings. The lowest BCUT2D eigenvalue weighted by Gasteiger charge is -2.30. The Hall–Kier alpha value is -4.89. The van der Waals surface area contributed by atoms with Gasteiger partial charge in [-0.3, -0.25) is 29.2 Å². The summed E-state index contributed by atoms with van der Waals surface area (Å²) in [6.07, 6.45) is 0.920. The van der Waals surface area contributed by atoms with Crippen molar-refractivity contribution < 1.29 is 29.1 Å². The molecule has 4 amide bonds. The van der Waals surface area contributed by atoms with E-state index in [9.17, 15) is 29.1 Å². The molecule has 0 aromatic heterocycles. The first-order valence-electron chi connectivity index (χ1n) is 13.7. The van der Waals surface area contributed by atoms with Gasteiger partial charge in [0.05, 0.1) is 0 Å². The maximum absolute atomic E-state index is 13.3. The molecule has 0 saturated carbocycles. The van der Waals surface area contributed by atoms with Crippen LogP contribution >= 0.6 is 0 Å². The molecule has 1 rings (SSSR count). The van der Waals surface area contributed by atoms with Gasteiger partial charge in [-0.25, -0.2) is 4.79 Å². The van der Waals surface area contributed by atoms with Crippen molar-refractivity contribution in [3.8, 4) is 0 Å². The smallest absolute Gasteiger partial charge is 0.326 e. The van der Waals surface area contributed by atoms with Crippen LogP contribution in [0.5, 0.6) is 0 Å². The molecule has 16 heteroatoms. The van der Waals surface area contributed by atoms with Gasteiger partial charge in [0.1, 0.15) is 23.7 Å². The first-order valence-corrected chi connectivity index (χ1v) is 13.7. The van der Waals surface area contributed by atoms with Crippen LogP contribution < -0.4 is 44.2 Å². The summed E-state index contributed by atoms with van der Waals surface area (Å²) < 4.78 is 0. The van der Waals surface area contributed by atoms with E-state index in [1.54, 1.807) is 30.3 Å². The van der Waals surface area contributed by atoms with Crippen LogP contribution in [0.1, 0.15) is 52.0 Å². The Balaban J connectivity index is 3.04. The standard InChI is InChI=1S/C27H44N10O6/c1-16(38)34-19(12-8-14-33-26(30)31)22(40)37-27(2,3)24(43)36-18(11-7-13-32-25(28)29)21(39)35-20(23(41)42)15-17-9-5-4-6-10-17/h4-6,9-10,18-20H,7-8,11-15H2,1-3H3,(H,34,38)(H,35,39)(H,36,43)(H,37,40)(H,41,42)(H4,28,29,32)(H4,30,31,33)/t18-,19+,20-/m0/s1. The first kappa shape index (κ1) is 36.1. The number of rotatable bonds is 18. The number of hydrogen-bond acceptors (Lipinski definition) is 7. The zero-order valence-electron chi connectivity index (χ0n) is 24.8. The maximum Gasteiger partial charge on any atom is 0.326 e. The average Bonchev–Trinajstić information content (AvgIpc) is 2.91. The van der Waals surface area contributed by atoms with E-state index in [4.69, 9.17) is 22.9 Å². The lowest BCUT2D eigenvalue weighted by molar-refractivity contribution is -0.142. The number of carbonyl (C=O) groups is 5. The Morgan fingerprint density at radius 2 is 1.30 bits per heavy atom. The minimum Gasteiger partial charge on any atom is -0.480 e. The van der Waals surface area contributed by atoms with Crippen molar-refractivity contribution in [2.24, 2.45) is 32.9 Å². The Morgan fingerprint density at radius 3 is 1.77 bits per heavy atom. The summed E-state index contributed by atoms with van der Waals surface area (Å²) in [5.41, 5.74) is 20.5. The normalized spacial score (nSPS) is 12.9. The SMILES string of the molecule is CC(=O)N[C@H](CCCN=C(N)N)C(=O)NC(C)(C)C(=O)N[C@@H](CCCN=C(N)N)C(=O)N[C@@H](Cc1ccccc1)C(=O)O. The predicted octanol–water partition coefficient (Wildman–Crippen LogP) is -2.21. The van der Waals surface area contributed by atoms with Gasteiger partial charge in [0.25, 0.3) is 0 Å². The predicted molar refractivity (Wildman–Crippen MR) is 161 cm³/mol. The van der Waals surface area contributed by atoms with Crippen LogP contribution in [0.3, 0.4) is 0 Å². The molecule has 0 fully saturated rings. The van der Waals surface area contributed by atoms with Crippen molar-refractivity contribution in [1.82, 2.24) is 21.3 Å². The lowest BCUT2D eigenvalue weighted by atomic mass is 10.00. The van der Waals surface area contributed by atoms with Crippen molar-refractivity contribution in [2.75, 3.05) is 13.1 Å². The second-order valence-electron chi connectivity index (χ2n) is 10.4. The summed E-state index contributed by atoms with van der Waals surface area (Å²) in [6, 6.07) is 5.32. The summed E-state index contributed by atoms with van der Waals surface area (Å²) >= 11 is 0. The van der Waals surface area contributed by atoms with E-state index < -0.39 is 53.3 Å². The van der Waals surface area contributed by atoms with Crippen molar-refractivity contribution in [2.45, 2.75) is 76.5 Å². The Kier molecular flexibility index (Phi) is 15.0. The Morgan fingerprint density at radius 1 is 0.791 bits per heavy atom. The zero-order chi connectivity index (χ0) is 32.6. The minimum absolute atomic E-state index is 0.0197. The molecule has 0 spiro atoms. The van der Waals surface area contributed by atoms with Crippen LogP contribution in [-0.4, -0.2) is 83.4 Å². The van der Waals surface area contributed by atoms with Crippen LogP contribution in [0.15, 0.2) is 40.3 Å². The number of guanidine groups is 2. The lowest BCUT2D eigenvalue weighted by Crippen LogP contribution is -2.62. The maximum atomic E-state index is 13.3. The quantitative estimate of drug-likeness (QED) is 0.0494. The fourth-order valence-electron chi connectivity index (χ4n) is 3.90. The highest BCUT2D eigenvalue weighted by molar-refractivity contribution is 5.96. The first-order chi connectivity index (χ1) is 20.1. The van der Waals surface area contributed by atoms with Gasteiger partial charge in [-0.05, 0) is 45.1 Å².